The van der Waals surface area contributed by atoms with Crippen molar-refractivity contribution in [3.63, 3.8) is 0 Å². The molecule has 0 radical (unpaired) electrons. The molecule has 1 aliphatic heterocycles. The first-order valence-electron chi connectivity index (χ1n) is 7.47. The highest BCUT2D eigenvalue weighted by Gasteiger charge is 2.23. The SMILES string of the molecule is CNC(=O)c1ccc(NC(=O)CN2CC(C)OC(C)C2)cc1. The minimum atomic E-state index is -0.144. The van der Waals surface area contributed by atoms with E-state index in [4.69, 9.17) is 4.74 Å². The van der Waals surface area contributed by atoms with Gasteiger partial charge in [-0.1, -0.05) is 0 Å². The van der Waals surface area contributed by atoms with Gasteiger partial charge >= 0.3 is 0 Å². The van der Waals surface area contributed by atoms with Gasteiger partial charge in [0.25, 0.3) is 5.91 Å². The van der Waals surface area contributed by atoms with Crippen LogP contribution in [-0.4, -0.2) is 55.6 Å². The molecule has 120 valence electrons. The van der Waals surface area contributed by atoms with E-state index in [-0.39, 0.29) is 24.0 Å². The van der Waals surface area contributed by atoms with Crippen LogP contribution in [0.15, 0.2) is 24.3 Å². The smallest absolute Gasteiger partial charge is 0.251 e. The third-order valence-corrected chi connectivity index (χ3v) is 3.52. The molecular formula is C16H23N3O3. The fourth-order valence-corrected chi connectivity index (χ4v) is 2.67. The van der Waals surface area contributed by atoms with Crippen LogP contribution in [0.4, 0.5) is 5.69 Å². The van der Waals surface area contributed by atoms with E-state index in [1.165, 1.54) is 0 Å². The number of ether oxygens (including phenoxy) is 1. The number of carbonyl (C=O) groups is 2. The Morgan fingerprint density at radius 1 is 1.18 bits per heavy atom. The second-order valence-electron chi connectivity index (χ2n) is 5.66. The Morgan fingerprint density at radius 2 is 1.77 bits per heavy atom. The van der Waals surface area contributed by atoms with E-state index in [9.17, 15) is 9.59 Å². The molecule has 1 fully saturated rings. The molecule has 1 aromatic carbocycles. The molecule has 2 atom stereocenters. The van der Waals surface area contributed by atoms with E-state index >= 15 is 0 Å². The average molecular weight is 305 g/mol. The summed E-state index contributed by atoms with van der Waals surface area (Å²) in [5.41, 5.74) is 1.25. The molecule has 1 aliphatic rings. The molecule has 1 saturated heterocycles. The predicted molar refractivity (Wildman–Crippen MR) is 84.9 cm³/mol. The van der Waals surface area contributed by atoms with Gasteiger partial charge in [-0.25, -0.2) is 0 Å². The third kappa shape index (κ3) is 4.54. The molecule has 0 aliphatic carbocycles. The van der Waals surface area contributed by atoms with Crippen LogP contribution in [0.2, 0.25) is 0 Å². The zero-order valence-corrected chi connectivity index (χ0v) is 13.3. The molecule has 1 aromatic rings. The van der Waals surface area contributed by atoms with Gasteiger partial charge in [0.15, 0.2) is 0 Å². The number of nitrogens with zero attached hydrogens (tertiary/aromatic N) is 1. The lowest BCUT2D eigenvalue weighted by molar-refractivity contribution is -0.121. The number of amides is 2. The molecule has 2 rings (SSSR count). The number of carbonyl (C=O) groups excluding carboxylic acids is 2. The van der Waals surface area contributed by atoms with Crippen LogP contribution in [0.1, 0.15) is 24.2 Å². The molecule has 2 unspecified atom stereocenters. The number of anilines is 1. The Hall–Kier alpha value is -1.92. The van der Waals surface area contributed by atoms with Gasteiger partial charge in [-0.3, -0.25) is 14.5 Å². The van der Waals surface area contributed by atoms with Gasteiger partial charge in [0.2, 0.25) is 5.91 Å². The van der Waals surface area contributed by atoms with Crippen molar-refractivity contribution < 1.29 is 14.3 Å². The van der Waals surface area contributed by atoms with Crippen LogP contribution in [0.5, 0.6) is 0 Å². The molecule has 1 heterocycles. The van der Waals surface area contributed by atoms with Crippen molar-refractivity contribution >= 4 is 17.5 Å². The minimum absolute atomic E-state index is 0.0611. The van der Waals surface area contributed by atoms with Crippen LogP contribution >= 0.6 is 0 Å². The Balaban J connectivity index is 1.87. The molecule has 0 bridgehead atoms. The Bertz CT molecular complexity index is 520. The lowest BCUT2D eigenvalue weighted by atomic mass is 10.2. The van der Waals surface area contributed by atoms with Gasteiger partial charge in [-0.05, 0) is 38.1 Å². The summed E-state index contributed by atoms with van der Waals surface area (Å²) < 4.78 is 5.65. The van der Waals surface area contributed by atoms with E-state index in [0.29, 0.717) is 17.8 Å². The summed E-state index contributed by atoms with van der Waals surface area (Å²) in [5, 5.41) is 5.41. The van der Waals surface area contributed by atoms with E-state index in [1.54, 1.807) is 31.3 Å². The fourth-order valence-electron chi connectivity index (χ4n) is 2.67. The molecule has 0 saturated carbocycles. The van der Waals surface area contributed by atoms with Gasteiger partial charge in [0.05, 0.1) is 18.8 Å². The summed E-state index contributed by atoms with van der Waals surface area (Å²) in [7, 11) is 1.59. The molecular weight excluding hydrogens is 282 g/mol. The largest absolute Gasteiger partial charge is 0.373 e. The molecule has 0 spiro atoms. The lowest BCUT2D eigenvalue weighted by Gasteiger charge is -2.34. The van der Waals surface area contributed by atoms with E-state index < -0.39 is 0 Å². The van der Waals surface area contributed by atoms with E-state index in [1.807, 2.05) is 13.8 Å². The zero-order chi connectivity index (χ0) is 16.1. The number of nitrogens with one attached hydrogen (secondary N) is 2. The standard InChI is InChI=1S/C16H23N3O3/c1-11-8-19(9-12(2)22-11)10-15(20)18-14-6-4-13(5-7-14)16(21)17-3/h4-7,11-12H,8-10H2,1-3H3,(H,17,21)(H,18,20). The minimum Gasteiger partial charge on any atom is -0.373 e. The van der Waals surface area contributed by atoms with Gasteiger partial charge in [0.1, 0.15) is 0 Å². The Labute approximate surface area is 130 Å². The highest BCUT2D eigenvalue weighted by Crippen LogP contribution is 2.12. The van der Waals surface area contributed by atoms with Crippen molar-refractivity contribution in [2.24, 2.45) is 0 Å². The first-order chi connectivity index (χ1) is 10.5. The highest BCUT2D eigenvalue weighted by atomic mass is 16.5. The third-order valence-electron chi connectivity index (χ3n) is 3.52. The Morgan fingerprint density at radius 3 is 2.32 bits per heavy atom. The van der Waals surface area contributed by atoms with Gasteiger partial charge in [-0.2, -0.15) is 0 Å². The number of rotatable bonds is 4. The van der Waals surface area contributed by atoms with Crippen molar-refractivity contribution in [3.8, 4) is 0 Å². The van der Waals surface area contributed by atoms with Crippen molar-refractivity contribution in [3.05, 3.63) is 29.8 Å². The van der Waals surface area contributed by atoms with Crippen LogP contribution in [0, 0.1) is 0 Å². The van der Waals surface area contributed by atoms with Crippen molar-refractivity contribution in [1.82, 2.24) is 10.2 Å². The number of hydrogen-bond acceptors (Lipinski definition) is 4. The number of benzene rings is 1. The molecule has 0 aromatic heterocycles. The van der Waals surface area contributed by atoms with Crippen molar-refractivity contribution in [2.75, 3.05) is 32.0 Å². The van der Waals surface area contributed by atoms with E-state index in [2.05, 4.69) is 15.5 Å². The van der Waals surface area contributed by atoms with Gasteiger partial charge < -0.3 is 15.4 Å². The van der Waals surface area contributed by atoms with Crippen molar-refractivity contribution in [2.45, 2.75) is 26.1 Å². The lowest BCUT2D eigenvalue weighted by Crippen LogP contribution is -2.48. The van der Waals surface area contributed by atoms with Crippen LogP contribution in [0.3, 0.4) is 0 Å². The number of morpholine rings is 1. The molecule has 2 N–H and O–H groups in total. The summed E-state index contributed by atoms with van der Waals surface area (Å²) in [5.74, 6) is -0.205. The van der Waals surface area contributed by atoms with Crippen LogP contribution in [0.25, 0.3) is 0 Å². The van der Waals surface area contributed by atoms with E-state index in [0.717, 1.165) is 13.1 Å². The normalized spacial score (nSPS) is 22.1. The van der Waals surface area contributed by atoms with Crippen molar-refractivity contribution in [1.29, 1.82) is 0 Å². The average Bonchev–Trinajstić information content (AvgIpc) is 2.46. The molecule has 2 amide bonds. The molecule has 22 heavy (non-hydrogen) atoms. The Kier molecular flexibility index (Phi) is 5.51. The second-order valence-corrected chi connectivity index (χ2v) is 5.66. The highest BCUT2D eigenvalue weighted by molar-refractivity contribution is 5.96. The summed E-state index contributed by atoms with van der Waals surface area (Å²) in [6.07, 6.45) is 0.284. The monoisotopic (exact) mass is 305 g/mol. The zero-order valence-electron chi connectivity index (χ0n) is 13.3. The maximum atomic E-state index is 12.1. The molecule has 6 heteroatoms. The van der Waals surface area contributed by atoms with Crippen LogP contribution < -0.4 is 10.6 Å². The fraction of sp³-hybridized carbons (Fsp3) is 0.500. The predicted octanol–water partition coefficient (Wildman–Crippen LogP) is 1.09. The maximum Gasteiger partial charge on any atom is 0.251 e. The summed E-state index contributed by atoms with van der Waals surface area (Å²) in [6, 6.07) is 6.83. The van der Waals surface area contributed by atoms with Crippen LogP contribution in [-0.2, 0) is 9.53 Å². The summed E-state index contributed by atoms with van der Waals surface area (Å²) >= 11 is 0. The van der Waals surface area contributed by atoms with Gasteiger partial charge in [0, 0.05) is 31.4 Å². The topological polar surface area (TPSA) is 70.7 Å². The quantitative estimate of drug-likeness (QED) is 0.874. The first-order valence-corrected chi connectivity index (χ1v) is 7.47. The summed E-state index contributed by atoms with van der Waals surface area (Å²) in [4.78, 5) is 25.6. The van der Waals surface area contributed by atoms with Gasteiger partial charge in [-0.15, -0.1) is 0 Å². The number of hydrogen-bond donors (Lipinski definition) is 2. The second kappa shape index (κ2) is 7.38. The summed E-state index contributed by atoms with van der Waals surface area (Å²) in [6.45, 7) is 5.88. The molecule has 6 nitrogen and oxygen atoms in total. The maximum absolute atomic E-state index is 12.1. The first kappa shape index (κ1) is 16.5.